The molecule has 4 aromatic rings. The van der Waals surface area contributed by atoms with Crippen LogP contribution in [0.1, 0.15) is 16.7 Å². The normalized spacial score (nSPS) is 11.0. The van der Waals surface area contributed by atoms with Crippen molar-refractivity contribution < 1.29 is 4.39 Å². The first-order valence-electron chi connectivity index (χ1n) is 8.38. The predicted molar refractivity (Wildman–Crippen MR) is 105 cm³/mol. The van der Waals surface area contributed by atoms with E-state index in [1.807, 2.05) is 31.5 Å². The number of aromatic nitrogens is 3. The number of nitrogens with one attached hydrogen (secondary N) is 2. The number of fused-ring (bicyclic) bond motifs is 1. The van der Waals surface area contributed by atoms with Gasteiger partial charge in [-0.1, -0.05) is 6.07 Å². The molecule has 0 aliphatic heterocycles. The van der Waals surface area contributed by atoms with E-state index in [1.54, 1.807) is 12.3 Å². The molecule has 0 unspecified atom stereocenters. The van der Waals surface area contributed by atoms with E-state index in [0.29, 0.717) is 23.2 Å². The van der Waals surface area contributed by atoms with Crippen LogP contribution in [0.25, 0.3) is 33.3 Å². The first-order valence-corrected chi connectivity index (χ1v) is 9.22. The fourth-order valence-electron chi connectivity index (χ4n) is 3.37. The standard InChI is InChI=1S/C20H16FN5S/c1-11-3-12(8-23-2)4-17(21)19(11)15-6-16-18(5-13(15)7-22)25-26-20(16)14-9-24-27-10-14/h3-6,9-10,23H,8H2,1-2H3,(H,25,26). The van der Waals surface area contributed by atoms with Crippen LogP contribution < -0.4 is 5.32 Å². The summed E-state index contributed by atoms with van der Waals surface area (Å²) < 4.78 is 19.1. The maximum Gasteiger partial charge on any atom is 0.131 e. The van der Waals surface area contributed by atoms with Crippen LogP contribution in [-0.4, -0.2) is 21.6 Å². The number of rotatable bonds is 4. The van der Waals surface area contributed by atoms with E-state index in [9.17, 15) is 9.65 Å². The van der Waals surface area contributed by atoms with E-state index >= 15 is 0 Å². The molecule has 4 rings (SSSR count). The summed E-state index contributed by atoms with van der Waals surface area (Å²) in [6.45, 7) is 2.45. The maximum absolute atomic E-state index is 15.0. The second-order valence-corrected chi connectivity index (χ2v) is 7.00. The van der Waals surface area contributed by atoms with Crippen molar-refractivity contribution in [2.45, 2.75) is 13.5 Å². The number of H-pyrrole nitrogens is 1. The number of nitriles is 1. The van der Waals surface area contributed by atoms with Gasteiger partial charge in [-0.25, -0.2) is 8.76 Å². The highest BCUT2D eigenvalue weighted by atomic mass is 32.1. The second-order valence-electron chi connectivity index (χ2n) is 6.34. The van der Waals surface area contributed by atoms with Gasteiger partial charge in [-0.3, -0.25) is 5.10 Å². The van der Waals surface area contributed by atoms with Crippen LogP contribution in [0.2, 0.25) is 0 Å². The Morgan fingerprint density at radius 3 is 2.81 bits per heavy atom. The Balaban J connectivity index is 1.96. The Hall–Kier alpha value is -3.08. The van der Waals surface area contributed by atoms with Crippen LogP contribution in [0.4, 0.5) is 4.39 Å². The number of hydrogen-bond donors (Lipinski definition) is 2. The van der Waals surface area contributed by atoms with Crippen molar-refractivity contribution in [3.8, 4) is 28.5 Å². The van der Waals surface area contributed by atoms with E-state index < -0.39 is 0 Å². The molecule has 0 atom stereocenters. The Labute approximate surface area is 159 Å². The molecule has 0 saturated carbocycles. The van der Waals surface area contributed by atoms with E-state index in [1.165, 1.54) is 17.6 Å². The first kappa shape index (κ1) is 17.3. The number of nitrogens with zero attached hydrogens (tertiary/aromatic N) is 3. The van der Waals surface area contributed by atoms with Gasteiger partial charge in [-0.15, -0.1) is 0 Å². The van der Waals surface area contributed by atoms with E-state index in [4.69, 9.17) is 0 Å². The minimum Gasteiger partial charge on any atom is -0.316 e. The summed E-state index contributed by atoms with van der Waals surface area (Å²) >= 11 is 1.34. The molecule has 0 fully saturated rings. The van der Waals surface area contributed by atoms with Crippen molar-refractivity contribution in [2.75, 3.05) is 7.05 Å². The lowest BCUT2D eigenvalue weighted by molar-refractivity contribution is 0.626. The lowest BCUT2D eigenvalue weighted by Crippen LogP contribution is -2.06. The van der Waals surface area contributed by atoms with Gasteiger partial charge in [-0.05, 0) is 54.8 Å². The Morgan fingerprint density at radius 2 is 2.15 bits per heavy atom. The second kappa shape index (κ2) is 6.91. The highest BCUT2D eigenvalue weighted by molar-refractivity contribution is 7.03. The first-order chi connectivity index (χ1) is 13.1. The summed E-state index contributed by atoms with van der Waals surface area (Å²) in [7, 11) is 1.82. The van der Waals surface area contributed by atoms with E-state index in [0.717, 1.165) is 33.3 Å². The van der Waals surface area contributed by atoms with Crippen molar-refractivity contribution in [3.63, 3.8) is 0 Å². The molecule has 134 valence electrons. The van der Waals surface area contributed by atoms with Crippen molar-refractivity contribution in [1.29, 1.82) is 5.26 Å². The summed E-state index contributed by atoms with van der Waals surface area (Å²) in [5, 5.41) is 22.7. The zero-order valence-electron chi connectivity index (χ0n) is 14.8. The summed E-state index contributed by atoms with van der Waals surface area (Å²) in [6, 6.07) is 9.21. The molecule has 2 N–H and O–H groups in total. The smallest absolute Gasteiger partial charge is 0.131 e. The number of aryl methyl sites for hydroxylation is 1. The average molecular weight is 377 g/mol. The summed E-state index contributed by atoms with van der Waals surface area (Å²) in [6.07, 6.45) is 1.75. The average Bonchev–Trinajstić information content (AvgIpc) is 3.29. The molecule has 7 heteroatoms. The molecule has 0 amide bonds. The maximum atomic E-state index is 15.0. The molecular formula is C20H16FN5S. The van der Waals surface area contributed by atoms with Crippen LogP contribution in [0.15, 0.2) is 35.8 Å². The van der Waals surface area contributed by atoms with Crippen molar-refractivity contribution in [2.24, 2.45) is 0 Å². The molecule has 0 radical (unpaired) electrons. The number of halogens is 1. The molecule has 0 aliphatic rings. The predicted octanol–water partition coefficient (Wildman–Crippen LogP) is 4.39. The summed E-state index contributed by atoms with van der Waals surface area (Å²) in [5.74, 6) is -0.335. The molecule has 27 heavy (non-hydrogen) atoms. The van der Waals surface area contributed by atoms with Crippen molar-refractivity contribution in [1.82, 2.24) is 19.9 Å². The van der Waals surface area contributed by atoms with Gasteiger partial charge in [0.2, 0.25) is 0 Å². The van der Waals surface area contributed by atoms with E-state index in [-0.39, 0.29) is 5.82 Å². The zero-order valence-corrected chi connectivity index (χ0v) is 15.6. The monoisotopic (exact) mass is 377 g/mol. The fourth-order valence-corrected chi connectivity index (χ4v) is 3.89. The molecular weight excluding hydrogens is 361 g/mol. The Kier molecular flexibility index (Phi) is 4.44. The highest BCUT2D eigenvalue weighted by Gasteiger charge is 2.18. The topological polar surface area (TPSA) is 77.4 Å². The number of hydrogen-bond acceptors (Lipinski definition) is 5. The van der Waals surface area contributed by atoms with Gasteiger partial charge < -0.3 is 5.32 Å². The Bertz CT molecular complexity index is 1150. The number of aromatic amines is 1. The van der Waals surface area contributed by atoms with Crippen LogP contribution in [0, 0.1) is 24.1 Å². The van der Waals surface area contributed by atoms with Gasteiger partial charge in [0.1, 0.15) is 11.5 Å². The van der Waals surface area contributed by atoms with Gasteiger partial charge >= 0.3 is 0 Å². The molecule has 0 aliphatic carbocycles. The fraction of sp³-hybridized carbons (Fsp3) is 0.150. The molecule has 0 spiro atoms. The minimum atomic E-state index is -0.335. The van der Waals surface area contributed by atoms with Crippen molar-refractivity contribution >= 4 is 22.4 Å². The highest BCUT2D eigenvalue weighted by Crippen LogP contribution is 2.36. The van der Waals surface area contributed by atoms with Crippen LogP contribution in [0.5, 0.6) is 0 Å². The Morgan fingerprint density at radius 1 is 1.30 bits per heavy atom. The largest absolute Gasteiger partial charge is 0.316 e. The molecule has 5 nitrogen and oxygen atoms in total. The molecule has 2 aromatic carbocycles. The SMILES string of the molecule is CNCc1cc(C)c(-c2cc3c(-c4cnsc4)n[nH]c3cc2C#N)c(F)c1. The zero-order chi connectivity index (χ0) is 19.0. The van der Waals surface area contributed by atoms with Crippen LogP contribution in [0.3, 0.4) is 0 Å². The lowest BCUT2D eigenvalue weighted by atomic mass is 9.92. The van der Waals surface area contributed by atoms with E-state index in [2.05, 4.69) is 26.0 Å². The van der Waals surface area contributed by atoms with Gasteiger partial charge in [0.15, 0.2) is 0 Å². The van der Waals surface area contributed by atoms with Crippen molar-refractivity contribution in [3.05, 3.63) is 58.3 Å². The third kappa shape index (κ3) is 2.99. The third-order valence-corrected chi connectivity index (χ3v) is 5.11. The lowest BCUT2D eigenvalue weighted by Gasteiger charge is -2.12. The number of benzene rings is 2. The van der Waals surface area contributed by atoms with Gasteiger partial charge in [0.05, 0.1) is 23.3 Å². The molecule has 0 bridgehead atoms. The summed E-state index contributed by atoms with van der Waals surface area (Å²) in [5.41, 5.74) is 5.46. The summed E-state index contributed by atoms with van der Waals surface area (Å²) in [4.78, 5) is 0. The van der Waals surface area contributed by atoms with Gasteiger partial charge in [0, 0.05) is 34.0 Å². The third-order valence-electron chi connectivity index (χ3n) is 4.52. The van der Waals surface area contributed by atoms with Gasteiger partial charge in [0.25, 0.3) is 0 Å². The molecule has 0 saturated heterocycles. The van der Waals surface area contributed by atoms with Gasteiger partial charge in [-0.2, -0.15) is 10.4 Å². The van der Waals surface area contributed by atoms with Crippen LogP contribution >= 0.6 is 11.5 Å². The molecule has 2 heterocycles. The molecule has 2 aromatic heterocycles. The minimum absolute atomic E-state index is 0.335. The van der Waals surface area contributed by atoms with Crippen LogP contribution in [-0.2, 0) is 6.54 Å². The quantitative estimate of drug-likeness (QED) is 0.553.